The van der Waals surface area contributed by atoms with Crippen LogP contribution in [0.3, 0.4) is 0 Å². The van der Waals surface area contributed by atoms with Crippen LogP contribution in [-0.4, -0.2) is 30.9 Å². The maximum atomic E-state index is 12.1. The monoisotopic (exact) mass is 338 g/mol. The first-order valence-corrected chi connectivity index (χ1v) is 7.23. The van der Waals surface area contributed by atoms with Gasteiger partial charge in [0.2, 0.25) is 0 Å². The summed E-state index contributed by atoms with van der Waals surface area (Å²) in [6.45, 7) is 3.51. The zero-order valence-corrected chi connectivity index (χ0v) is 13.1. The van der Waals surface area contributed by atoms with Crippen molar-refractivity contribution in [3.63, 3.8) is 0 Å². The van der Waals surface area contributed by atoms with Crippen LogP contribution in [0.4, 0.5) is 13.2 Å². The van der Waals surface area contributed by atoms with Crippen molar-refractivity contribution in [2.75, 3.05) is 19.6 Å². The summed E-state index contributed by atoms with van der Waals surface area (Å²) >= 11 is 0. The molecule has 1 heterocycles. The minimum Gasteiger partial charge on any atom is -0.406 e. The highest BCUT2D eigenvalue weighted by Gasteiger charge is 2.31. The average Bonchev–Trinajstić information content (AvgIpc) is 2.40. The van der Waals surface area contributed by atoms with Crippen molar-refractivity contribution in [3.05, 3.63) is 29.8 Å². The van der Waals surface area contributed by atoms with Gasteiger partial charge in [-0.05, 0) is 56.0 Å². The summed E-state index contributed by atoms with van der Waals surface area (Å²) in [6.07, 6.45) is -1.23. The molecule has 1 aliphatic rings. The van der Waals surface area contributed by atoms with Gasteiger partial charge in [-0.3, -0.25) is 4.90 Å². The smallest absolute Gasteiger partial charge is 0.406 e. The van der Waals surface area contributed by atoms with Gasteiger partial charge in [-0.2, -0.15) is 0 Å². The van der Waals surface area contributed by atoms with E-state index in [1.54, 1.807) is 12.1 Å². The Kier molecular flexibility index (Phi) is 7.45. The van der Waals surface area contributed by atoms with E-state index < -0.39 is 6.36 Å². The van der Waals surface area contributed by atoms with E-state index in [0.717, 1.165) is 38.0 Å². The second-order valence-corrected chi connectivity index (χ2v) is 5.51. The third-order valence-corrected chi connectivity index (χ3v) is 3.74. The van der Waals surface area contributed by atoms with E-state index in [2.05, 4.69) is 9.64 Å². The first kappa shape index (κ1) is 19.1. The minimum absolute atomic E-state index is 0. The zero-order valence-electron chi connectivity index (χ0n) is 12.3. The van der Waals surface area contributed by atoms with Crippen molar-refractivity contribution in [2.45, 2.75) is 32.2 Å². The number of ether oxygens (including phenoxy) is 1. The Morgan fingerprint density at radius 3 is 2.50 bits per heavy atom. The lowest BCUT2D eigenvalue weighted by Gasteiger charge is -2.32. The number of halogens is 4. The standard InChI is InChI=1S/C15H21F3N2O.ClH/c16-15(17,18)21-14-5-3-13(4-6-14)11-20-9-1-2-12(10-20)7-8-19;/h3-6,12H,1-2,7-11,19H2;1H. The van der Waals surface area contributed by atoms with Crippen molar-refractivity contribution in [3.8, 4) is 5.75 Å². The van der Waals surface area contributed by atoms with Crippen molar-refractivity contribution in [1.82, 2.24) is 4.90 Å². The zero-order chi connectivity index (χ0) is 15.3. The van der Waals surface area contributed by atoms with Crippen LogP contribution in [-0.2, 0) is 6.54 Å². The second-order valence-electron chi connectivity index (χ2n) is 5.51. The fourth-order valence-electron chi connectivity index (χ4n) is 2.82. The third kappa shape index (κ3) is 6.42. The molecule has 0 aliphatic carbocycles. The predicted octanol–water partition coefficient (Wildman–Crippen LogP) is 3.57. The van der Waals surface area contributed by atoms with Gasteiger partial charge in [-0.25, -0.2) is 0 Å². The third-order valence-electron chi connectivity index (χ3n) is 3.74. The van der Waals surface area contributed by atoms with E-state index in [9.17, 15) is 13.2 Å². The molecular weight excluding hydrogens is 317 g/mol. The lowest BCUT2D eigenvalue weighted by molar-refractivity contribution is -0.274. The van der Waals surface area contributed by atoms with E-state index >= 15 is 0 Å². The van der Waals surface area contributed by atoms with Gasteiger partial charge in [0, 0.05) is 13.1 Å². The summed E-state index contributed by atoms with van der Waals surface area (Å²) < 4.78 is 40.1. The van der Waals surface area contributed by atoms with Gasteiger partial charge in [0.1, 0.15) is 5.75 Å². The SMILES string of the molecule is Cl.NCCC1CCCN(Cc2ccc(OC(F)(F)F)cc2)C1. The molecule has 7 heteroatoms. The lowest BCUT2D eigenvalue weighted by Crippen LogP contribution is -2.35. The molecule has 126 valence electrons. The van der Waals surface area contributed by atoms with Crippen molar-refractivity contribution < 1.29 is 17.9 Å². The summed E-state index contributed by atoms with van der Waals surface area (Å²) in [6, 6.07) is 6.11. The topological polar surface area (TPSA) is 38.5 Å². The predicted molar refractivity (Wildman–Crippen MR) is 82.0 cm³/mol. The van der Waals surface area contributed by atoms with Gasteiger partial charge in [0.05, 0.1) is 0 Å². The molecule has 1 atom stereocenters. The minimum atomic E-state index is -4.64. The molecular formula is C15H22ClF3N2O. The number of nitrogens with two attached hydrogens (primary N) is 1. The molecule has 1 aliphatic heterocycles. The van der Waals surface area contributed by atoms with E-state index in [-0.39, 0.29) is 18.2 Å². The number of rotatable bonds is 5. The Bertz CT molecular complexity index is 437. The van der Waals surface area contributed by atoms with E-state index in [0.29, 0.717) is 12.5 Å². The van der Waals surface area contributed by atoms with E-state index in [1.165, 1.54) is 18.6 Å². The van der Waals surface area contributed by atoms with Crippen LogP contribution in [0.15, 0.2) is 24.3 Å². The number of hydrogen-bond donors (Lipinski definition) is 1. The van der Waals surface area contributed by atoms with Gasteiger partial charge >= 0.3 is 6.36 Å². The van der Waals surface area contributed by atoms with Crippen LogP contribution in [0.1, 0.15) is 24.8 Å². The van der Waals surface area contributed by atoms with Gasteiger partial charge in [-0.1, -0.05) is 12.1 Å². The van der Waals surface area contributed by atoms with Crippen LogP contribution < -0.4 is 10.5 Å². The Balaban J connectivity index is 0.00000242. The number of alkyl halides is 3. The van der Waals surface area contributed by atoms with Crippen molar-refractivity contribution >= 4 is 12.4 Å². The molecule has 0 radical (unpaired) electrons. The van der Waals surface area contributed by atoms with Crippen LogP contribution in [0.2, 0.25) is 0 Å². The molecule has 1 aromatic carbocycles. The molecule has 1 unspecified atom stereocenters. The van der Waals surface area contributed by atoms with E-state index in [1.807, 2.05) is 0 Å². The molecule has 1 saturated heterocycles. The fraction of sp³-hybridized carbons (Fsp3) is 0.600. The normalized spacial score (nSPS) is 19.5. The average molecular weight is 339 g/mol. The maximum Gasteiger partial charge on any atom is 0.573 e. The Labute approximate surface area is 135 Å². The molecule has 0 saturated carbocycles. The van der Waals surface area contributed by atoms with Gasteiger partial charge in [0.25, 0.3) is 0 Å². The Morgan fingerprint density at radius 2 is 1.91 bits per heavy atom. The van der Waals surface area contributed by atoms with Crippen LogP contribution >= 0.6 is 12.4 Å². The first-order chi connectivity index (χ1) is 9.96. The molecule has 2 N–H and O–H groups in total. The highest BCUT2D eigenvalue weighted by atomic mass is 35.5. The van der Waals surface area contributed by atoms with Crippen molar-refractivity contribution in [2.24, 2.45) is 11.7 Å². The summed E-state index contributed by atoms with van der Waals surface area (Å²) in [5.74, 6) is 0.461. The summed E-state index contributed by atoms with van der Waals surface area (Å²) in [4.78, 5) is 2.34. The number of likely N-dealkylation sites (tertiary alicyclic amines) is 1. The molecule has 2 rings (SSSR count). The quantitative estimate of drug-likeness (QED) is 0.892. The lowest BCUT2D eigenvalue weighted by atomic mass is 9.94. The van der Waals surface area contributed by atoms with Crippen LogP contribution in [0, 0.1) is 5.92 Å². The molecule has 0 amide bonds. The Morgan fingerprint density at radius 1 is 1.23 bits per heavy atom. The highest BCUT2D eigenvalue weighted by Crippen LogP contribution is 2.24. The summed E-state index contributed by atoms with van der Waals surface area (Å²) in [7, 11) is 0. The number of piperidine rings is 1. The van der Waals surface area contributed by atoms with E-state index in [4.69, 9.17) is 5.73 Å². The molecule has 0 bridgehead atoms. The van der Waals surface area contributed by atoms with Crippen LogP contribution in [0.25, 0.3) is 0 Å². The molecule has 1 aromatic rings. The van der Waals surface area contributed by atoms with Gasteiger partial charge < -0.3 is 10.5 Å². The van der Waals surface area contributed by atoms with Gasteiger partial charge in [0.15, 0.2) is 0 Å². The van der Waals surface area contributed by atoms with Crippen LogP contribution in [0.5, 0.6) is 5.75 Å². The van der Waals surface area contributed by atoms with Gasteiger partial charge in [-0.15, -0.1) is 25.6 Å². The molecule has 22 heavy (non-hydrogen) atoms. The number of hydrogen-bond acceptors (Lipinski definition) is 3. The molecule has 3 nitrogen and oxygen atoms in total. The first-order valence-electron chi connectivity index (χ1n) is 7.23. The fourth-order valence-corrected chi connectivity index (χ4v) is 2.82. The molecule has 1 fully saturated rings. The summed E-state index contributed by atoms with van der Waals surface area (Å²) in [5.41, 5.74) is 6.60. The Hall–Kier alpha value is -0.980. The highest BCUT2D eigenvalue weighted by molar-refractivity contribution is 5.85. The second kappa shape index (κ2) is 8.60. The number of benzene rings is 1. The molecule has 0 spiro atoms. The number of nitrogens with zero attached hydrogens (tertiary/aromatic N) is 1. The largest absolute Gasteiger partial charge is 0.573 e. The maximum absolute atomic E-state index is 12.1. The molecule has 0 aromatic heterocycles. The van der Waals surface area contributed by atoms with Crippen molar-refractivity contribution in [1.29, 1.82) is 0 Å². The summed E-state index contributed by atoms with van der Waals surface area (Å²) in [5, 5.41) is 0.